The van der Waals surface area contributed by atoms with E-state index in [4.69, 9.17) is 16.3 Å². The summed E-state index contributed by atoms with van der Waals surface area (Å²) in [6, 6.07) is 0. The van der Waals surface area contributed by atoms with Crippen molar-refractivity contribution in [3.05, 3.63) is 0 Å². The quantitative estimate of drug-likeness (QED) is 0.466. The third-order valence-corrected chi connectivity index (χ3v) is 3.83. The zero-order chi connectivity index (χ0) is 10.2. The van der Waals surface area contributed by atoms with E-state index in [2.05, 4.69) is 0 Å². The van der Waals surface area contributed by atoms with E-state index in [1.165, 1.54) is 44.9 Å². The van der Waals surface area contributed by atoms with Crippen LogP contribution < -0.4 is 0 Å². The maximum Gasteiger partial charge on any atom is 0.0462 e. The molecule has 1 fully saturated rings. The van der Waals surface area contributed by atoms with Gasteiger partial charge in [0, 0.05) is 19.6 Å². The van der Waals surface area contributed by atoms with Crippen molar-refractivity contribution >= 4 is 11.6 Å². The Morgan fingerprint density at radius 3 is 2.57 bits per heavy atom. The molecule has 0 aliphatic heterocycles. The number of hydrogen-bond donors (Lipinski definition) is 0. The fourth-order valence-corrected chi connectivity index (χ4v) is 2.93. The van der Waals surface area contributed by atoms with Crippen molar-refractivity contribution in [2.45, 2.75) is 44.9 Å². The lowest BCUT2D eigenvalue weighted by Gasteiger charge is -2.20. The van der Waals surface area contributed by atoms with Crippen LogP contribution in [0.3, 0.4) is 0 Å². The molecule has 0 radical (unpaired) electrons. The van der Waals surface area contributed by atoms with E-state index in [9.17, 15) is 0 Å². The van der Waals surface area contributed by atoms with Crippen LogP contribution >= 0.6 is 11.6 Å². The zero-order valence-corrected chi connectivity index (χ0v) is 10.1. The van der Waals surface area contributed by atoms with Crippen LogP contribution in [0.25, 0.3) is 0 Å². The predicted octanol–water partition coefficient (Wildman–Crippen LogP) is 3.85. The van der Waals surface area contributed by atoms with Crippen molar-refractivity contribution in [2.24, 2.45) is 11.8 Å². The molecule has 0 aromatic carbocycles. The average Bonchev–Trinajstić information content (AvgIpc) is 2.71. The molecule has 0 saturated heterocycles. The van der Waals surface area contributed by atoms with Crippen LogP contribution in [0.1, 0.15) is 44.9 Å². The van der Waals surface area contributed by atoms with Gasteiger partial charge in [-0.3, -0.25) is 0 Å². The molecule has 1 saturated carbocycles. The topological polar surface area (TPSA) is 9.23 Å². The average molecular weight is 219 g/mol. The van der Waals surface area contributed by atoms with Gasteiger partial charge in [-0.15, -0.1) is 11.6 Å². The maximum atomic E-state index is 6.03. The smallest absolute Gasteiger partial charge is 0.0462 e. The SMILES string of the molecule is COCCCCC(CCl)C1CCCC1. The first-order valence-electron chi connectivity index (χ1n) is 5.93. The lowest BCUT2D eigenvalue weighted by atomic mass is 9.88. The highest BCUT2D eigenvalue weighted by molar-refractivity contribution is 6.18. The number of alkyl halides is 1. The summed E-state index contributed by atoms with van der Waals surface area (Å²) in [7, 11) is 1.77. The fourth-order valence-electron chi connectivity index (χ4n) is 2.52. The van der Waals surface area contributed by atoms with E-state index in [1.807, 2.05) is 0 Å². The lowest BCUT2D eigenvalue weighted by Crippen LogP contribution is -2.13. The second-order valence-electron chi connectivity index (χ2n) is 4.45. The number of unbranched alkanes of at least 4 members (excludes halogenated alkanes) is 1. The first kappa shape index (κ1) is 12.3. The van der Waals surface area contributed by atoms with Crippen molar-refractivity contribution < 1.29 is 4.74 Å². The number of halogens is 1. The van der Waals surface area contributed by atoms with Crippen LogP contribution in [0, 0.1) is 11.8 Å². The Balaban J connectivity index is 2.11. The van der Waals surface area contributed by atoms with Gasteiger partial charge in [-0.25, -0.2) is 0 Å². The van der Waals surface area contributed by atoms with E-state index in [0.717, 1.165) is 24.3 Å². The second-order valence-corrected chi connectivity index (χ2v) is 4.76. The third-order valence-electron chi connectivity index (χ3n) is 3.44. The summed E-state index contributed by atoms with van der Waals surface area (Å²) in [5.41, 5.74) is 0. The molecule has 1 aliphatic rings. The number of ether oxygens (including phenoxy) is 1. The molecule has 14 heavy (non-hydrogen) atoms. The molecule has 0 aromatic heterocycles. The highest BCUT2D eigenvalue weighted by Crippen LogP contribution is 2.34. The van der Waals surface area contributed by atoms with E-state index >= 15 is 0 Å². The lowest BCUT2D eigenvalue weighted by molar-refractivity contribution is 0.188. The van der Waals surface area contributed by atoms with Crippen LogP contribution in [0.5, 0.6) is 0 Å². The summed E-state index contributed by atoms with van der Waals surface area (Å²) in [6.07, 6.45) is 9.46. The monoisotopic (exact) mass is 218 g/mol. The Bertz CT molecular complexity index is 132. The Morgan fingerprint density at radius 1 is 1.29 bits per heavy atom. The van der Waals surface area contributed by atoms with Crippen LogP contribution in [-0.4, -0.2) is 19.6 Å². The Hall–Kier alpha value is 0.250. The van der Waals surface area contributed by atoms with Crippen molar-refractivity contribution in [1.82, 2.24) is 0 Å². The molecule has 0 N–H and O–H groups in total. The molecule has 1 atom stereocenters. The van der Waals surface area contributed by atoms with E-state index in [0.29, 0.717) is 0 Å². The van der Waals surface area contributed by atoms with Gasteiger partial charge < -0.3 is 4.74 Å². The molecule has 1 unspecified atom stereocenters. The summed E-state index contributed by atoms with van der Waals surface area (Å²) < 4.78 is 5.05. The first-order chi connectivity index (χ1) is 6.88. The first-order valence-corrected chi connectivity index (χ1v) is 6.47. The van der Waals surface area contributed by atoms with Crippen LogP contribution in [0.2, 0.25) is 0 Å². The highest BCUT2D eigenvalue weighted by atomic mass is 35.5. The van der Waals surface area contributed by atoms with Crippen LogP contribution in [-0.2, 0) is 4.74 Å². The normalized spacial score (nSPS) is 20.1. The van der Waals surface area contributed by atoms with E-state index in [1.54, 1.807) is 7.11 Å². The minimum Gasteiger partial charge on any atom is -0.385 e. The standard InChI is InChI=1S/C12H23ClO/c1-14-9-5-4-8-12(10-13)11-6-2-3-7-11/h11-12H,2-10H2,1H3. The molecular weight excluding hydrogens is 196 g/mol. The fraction of sp³-hybridized carbons (Fsp3) is 1.00. The van der Waals surface area contributed by atoms with Gasteiger partial charge in [0.2, 0.25) is 0 Å². The molecule has 2 heteroatoms. The third kappa shape index (κ3) is 4.18. The van der Waals surface area contributed by atoms with Crippen molar-refractivity contribution in [3.8, 4) is 0 Å². The van der Waals surface area contributed by atoms with Crippen LogP contribution in [0.4, 0.5) is 0 Å². The molecule has 0 bridgehead atoms. The molecule has 1 nitrogen and oxygen atoms in total. The molecule has 1 rings (SSSR count). The Morgan fingerprint density at radius 2 is 2.00 bits per heavy atom. The summed E-state index contributed by atoms with van der Waals surface area (Å²) in [4.78, 5) is 0. The highest BCUT2D eigenvalue weighted by Gasteiger charge is 2.23. The minimum absolute atomic E-state index is 0.774. The van der Waals surface area contributed by atoms with Gasteiger partial charge in [-0.1, -0.05) is 32.1 Å². The number of hydrogen-bond acceptors (Lipinski definition) is 1. The Kier molecular flexibility index (Phi) is 6.63. The van der Waals surface area contributed by atoms with Gasteiger partial charge in [0.15, 0.2) is 0 Å². The summed E-state index contributed by atoms with van der Waals surface area (Å²) in [5, 5.41) is 0. The largest absolute Gasteiger partial charge is 0.385 e. The summed E-state index contributed by atoms with van der Waals surface area (Å²) in [5.74, 6) is 2.56. The molecule has 1 aliphatic carbocycles. The molecule has 0 aromatic rings. The number of methoxy groups -OCH3 is 1. The molecule has 0 heterocycles. The number of rotatable bonds is 7. The molecular formula is C12H23ClO. The maximum absolute atomic E-state index is 6.03. The summed E-state index contributed by atoms with van der Waals surface area (Å²) >= 11 is 6.03. The van der Waals surface area contributed by atoms with Crippen molar-refractivity contribution in [3.63, 3.8) is 0 Å². The van der Waals surface area contributed by atoms with Gasteiger partial charge in [0.1, 0.15) is 0 Å². The van der Waals surface area contributed by atoms with Gasteiger partial charge in [0.25, 0.3) is 0 Å². The van der Waals surface area contributed by atoms with E-state index in [-0.39, 0.29) is 0 Å². The van der Waals surface area contributed by atoms with Gasteiger partial charge in [-0.05, 0) is 24.7 Å². The second kappa shape index (κ2) is 7.53. The molecule has 0 amide bonds. The predicted molar refractivity (Wildman–Crippen MR) is 61.9 cm³/mol. The van der Waals surface area contributed by atoms with Gasteiger partial charge >= 0.3 is 0 Å². The Labute approximate surface area is 93.2 Å². The molecule has 84 valence electrons. The van der Waals surface area contributed by atoms with Gasteiger partial charge in [-0.2, -0.15) is 0 Å². The zero-order valence-electron chi connectivity index (χ0n) is 9.30. The van der Waals surface area contributed by atoms with Crippen LogP contribution in [0.15, 0.2) is 0 Å². The minimum atomic E-state index is 0.774. The van der Waals surface area contributed by atoms with Gasteiger partial charge in [0.05, 0.1) is 0 Å². The van der Waals surface area contributed by atoms with Crippen molar-refractivity contribution in [1.29, 1.82) is 0 Å². The van der Waals surface area contributed by atoms with Crippen molar-refractivity contribution in [2.75, 3.05) is 19.6 Å². The summed E-state index contributed by atoms with van der Waals surface area (Å²) in [6.45, 7) is 0.902. The van der Waals surface area contributed by atoms with E-state index < -0.39 is 0 Å². The molecule has 0 spiro atoms.